The van der Waals surface area contributed by atoms with Gasteiger partial charge in [0, 0.05) is 12.5 Å². The van der Waals surface area contributed by atoms with Crippen LogP contribution in [0.15, 0.2) is 12.1 Å². The SMILES string of the molecule is COCc1cc(OC)c(Cl)cc1C1(CC(=O)O)CC1. The van der Waals surface area contributed by atoms with E-state index in [4.69, 9.17) is 26.2 Å². The number of benzene rings is 1. The van der Waals surface area contributed by atoms with E-state index in [0.717, 1.165) is 24.0 Å². The Morgan fingerprint density at radius 2 is 2.11 bits per heavy atom. The number of rotatable bonds is 6. The van der Waals surface area contributed by atoms with Crippen LogP contribution >= 0.6 is 11.6 Å². The molecule has 0 unspecified atom stereocenters. The zero-order valence-corrected chi connectivity index (χ0v) is 11.8. The molecule has 1 fully saturated rings. The second-order valence-corrected chi connectivity index (χ2v) is 5.33. The lowest BCUT2D eigenvalue weighted by atomic mass is 9.88. The van der Waals surface area contributed by atoms with Crippen LogP contribution in [0.25, 0.3) is 0 Å². The Bertz CT molecular complexity index is 494. The van der Waals surface area contributed by atoms with Crippen molar-refractivity contribution in [2.24, 2.45) is 0 Å². The topological polar surface area (TPSA) is 55.8 Å². The minimum Gasteiger partial charge on any atom is -0.495 e. The van der Waals surface area contributed by atoms with Gasteiger partial charge in [-0.2, -0.15) is 0 Å². The first-order valence-corrected chi connectivity index (χ1v) is 6.48. The van der Waals surface area contributed by atoms with Gasteiger partial charge in [0.25, 0.3) is 0 Å². The second-order valence-electron chi connectivity index (χ2n) is 4.93. The molecular formula is C14H17ClO4. The summed E-state index contributed by atoms with van der Waals surface area (Å²) in [5.74, 6) is -0.198. The summed E-state index contributed by atoms with van der Waals surface area (Å²) in [7, 11) is 3.17. The van der Waals surface area contributed by atoms with Gasteiger partial charge in [-0.25, -0.2) is 0 Å². The fourth-order valence-electron chi connectivity index (χ4n) is 2.50. The van der Waals surface area contributed by atoms with Crippen LogP contribution in [0.2, 0.25) is 5.02 Å². The van der Waals surface area contributed by atoms with Crippen molar-refractivity contribution in [1.82, 2.24) is 0 Å². The van der Waals surface area contributed by atoms with Crippen molar-refractivity contribution in [2.75, 3.05) is 14.2 Å². The monoisotopic (exact) mass is 284 g/mol. The fraction of sp³-hybridized carbons (Fsp3) is 0.500. The quantitative estimate of drug-likeness (QED) is 0.872. The molecule has 5 heteroatoms. The maximum Gasteiger partial charge on any atom is 0.304 e. The average Bonchev–Trinajstić information content (AvgIpc) is 3.11. The molecule has 0 saturated heterocycles. The first-order chi connectivity index (χ1) is 9.02. The maximum absolute atomic E-state index is 11.0. The van der Waals surface area contributed by atoms with E-state index in [-0.39, 0.29) is 11.8 Å². The van der Waals surface area contributed by atoms with Gasteiger partial charge in [-0.3, -0.25) is 4.79 Å². The van der Waals surface area contributed by atoms with E-state index in [9.17, 15) is 4.79 Å². The normalized spacial score (nSPS) is 16.2. The Kier molecular flexibility index (Phi) is 4.02. The van der Waals surface area contributed by atoms with E-state index in [2.05, 4.69) is 0 Å². The molecule has 0 heterocycles. The van der Waals surface area contributed by atoms with E-state index in [1.807, 2.05) is 12.1 Å². The van der Waals surface area contributed by atoms with Crippen molar-refractivity contribution in [3.8, 4) is 5.75 Å². The standard InChI is InChI=1S/C14H17ClO4/c1-18-8-9-5-12(19-2)11(15)6-10(9)14(3-4-14)7-13(16)17/h5-6H,3-4,7-8H2,1-2H3,(H,16,17). The summed E-state index contributed by atoms with van der Waals surface area (Å²) < 4.78 is 10.4. The van der Waals surface area contributed by atoms with Crippen molar-refractivity contribution in [1.29, 1.82) is 0 Å². The van der Waals surface area contributed by atoms with Crippen molar-refractivity contribution in [3.05, 3.63) is 28.3 Å². The zero-order valence-electron chi connectivity index (χ0n) is 11.0. The number of methoxy groups -OCH3 is 2. The van der Waals surface area contributed by atoms with Crippen molar-refractivity contribution in [2.45, 2.75) is 31.3 Å². The Morgan fingerprint density at radius 1 is 1.42 bits per heavy atom. The summed E-state index contributed by atoms with van der Waals surface area (Å²) in [5.41, 5.74) is 1.64. The van der Waals surface area contributed by atoms with Gasteiger partial charge in [0.05, 0.1) is 25.2 Å². The molecule has 0 amide bonds. The van der Waals surface area contributed by atoms with Crippen LogP contribution in [-0.2, 0) is 21.6 Å². The molecule has 104 valence electrons. The van der Waals surface area contributed by atoms with Gasteiger partial charge in [-0.1, -0.05) is 11.6 Å². The minimum atomic E-state index is -0.784. The first kappa shape index (κ1) is 14.2. The Morgan fingerprint density at radius 3 is 2.58 bits per heavy atom. The van der Waals surface area contributed by atoms with Crippen LogP contribution < -0.4 is 4.74 Å². The molecule has 0 atom stereocenters. The molecule has 2 rings (SSSR count). The number of hydrogen-bond donors (Lipinski definition) is 1. The van der Waals surface area contributed by atoms with Gasteiger partial charge in [-0.15, -0.1) is 0 Å². The van der Waals surface area contributed by atoms with Crippen molar-refractivity contribution in [3.63, 3.8) is 0 Å². The summed E-state index contributed by atoms with van der Waals surface area (Å²) >= 11 is 6.16. The molecule has 19 heavy (non-hydrogen) atoms. The number of carboxylic acid groups (broad SMARTS) is 1. The Balaban J connectivity index is 2.43. The molecule has 0 bridgehead atoms. The molecule has 0 aromatic heterocycles. The van der Waals surface area contributed by atoms with Crippen LogP contribution in [-0.4, -0.2) is 25.3 Å². The van der Waals surface area contributed by atoms with E-state index in [1.54, 1.807) is 14.2 Å². The van der Waals surface area contributed by atoms with Crippen molar-refractivity contribution >= 4 is 17.6 Å². The average molecular weight is 285 g/mol. The molecule has 4 nitrogen and oxygen atoms in total. The predicted molar refractivity (Wildman–Crippen MR) is 71.9 cm³/mol. The molecular weight excluding hydrogens is 268 g/mol. The Hall–Kier alpha value is -1.26. The molecule has 1 aliphatic carbocycles. The van der Waals surface area contributed by atoms with Gasteiger partial charge in [-0.05, 0) is 36.1 Å². The van der Waals surface area contributed by atoms with E-state index in [0.29, 0.717) is 17.4 Å². The number of aliphatic carboxylic acids is 1. The third kappa shape index (κ3) is 2.85. The highest BCUT2D eigenvalue weighted by molar-refractivity contribution is 6.32. The van der Waals surface area contributed by atoms with Crippen LogP contribution in [0, 0.1) is 0 Å². The summed E-state index contributed by atoms with van der Waals surface area (Å²) in [6.45, 7) is 0.421. The molecule has 1 aromatic carbocycles. The number of carbonyl (C=O) groups is 1. The van der Waals surface area contributed by atoms with Gasteiger partial charge < -0.3 is 14.6 Å². The van der Waals surface area contributed by atoms with Crippen LogP contribution in [0.5, 0.6) is 5.75 Å². The lowest BCUT2D eigenvalue weighted by Gasteiger charge is -2.19. The third-order valence-electron chi connectivity index (χ3n) is 3.59. The lowest BCUT2D eigenvalue weighted by molar-refractivity contribution is -0.137. The fourth-order valence-corrected chi connectivity index (χ4v) is 2.74. The van der Waals surface area contributed by atoms with E-state index >= 15 is 0 Å². The predicted octanol–water partition coefficient (Wildman–Crippen LogP) is 3.00. The van der Waals surface area contributed by atoms with Crippen LogP contribution in [0.3, 0.4) is 0 Å². The first-order valence-electron chi connectivity index (χ1n) is 6.10. The zero-order chi connectivity index (χ0) is 14.0. The summed E-state index contributed by atoms with van der Waals surface area (Å²) in [4.78, 5) is 11.0. The molecule has 1 saturated carbocycles. The highest BCUT2D eigenvalue weighted by Gasteiger charge is 2.47. The van der Waals surface area contributed by atoms with Gasteiger partial charge in [0.2, 0.25) is 0 Å². The highest BCUT2D eigenvalue weighted by Crippen LogP contribution is 2.53. The molecule has 1 aromatic rings. The summed E-state index contributed by atoms with van der Waals surface area (Å²) in [6.07, 6.45) is 1.88. The molecule has 1 N–H and O–H groups in total. The van der Waals surface area contributed by atoms with Crippen LogP contribution in [0.4, 0.5) is 0 Å². The summed E-state index contributed by atoms with van der Waals surface area (Å²) in [5, 5.41) is 9.56. The molecule has 1 aliphatic rings. The maximum atomic E-state index is 11.0. The number of carboxylic acids is 1. The Labute approximate surface area is 117 Å². The smallest absolute Gasteiger partial charge is 0.304 e. The summed E-state index contributed by atoms with van der Waals surface area (Å²) in [6, 6.07) is 3.66. The number of hydrogen-bond acceptors (Lipinski definition) is 3. The molecule has 0 spiro atoms. The second kappa shape index (κ2) is 5.39. The van der Waals surface area contributed by atoms with Gasteiger partial charge in [0.15, 0.2) is 0 Å². The van der Waals surface area contributed by atoms with E-state index in [1.165, 1.54) is 0 Å². The lowest BCUT2D eigenvalue weighted by Crippen LogP contribution is -2.15. The molecule has 0 radical (unpaired) electrons. The van der Waals surface area contributed by atoms with E-state index < -0.39 is 5.97 Å². The number of ether oxygens (including phenoxy) is 2. The van der Waals surface area contributed by atoms with Crippen molar-refractivity contribution < 1.29 is 19.4 Å². The van der Waals surface area contributed by atoms with Gasteiger partial charge >= 0.3 is 5.97 Å². The highest BCUT2D eigenvalue weighted by atomic mass is 35.5. The largest absolute Gasteiger partial charge is 0.495 e. The van der Waals surface area contributed by atoms with Crippen LogP contribution in [0.1, 0.15) is 30.4 Å². The minimum absolute atomic E-state index is 0.131. The third-order valence-corrected chi connectivity index (χ3v) is 3.89. The van der Waals surface area contributed by atoms with Gasteiger partial charge in [0.1, 0.15) is 5.75 Å². The molecule has 0 aliphatic heterocycles. The number of halogens is 1.